The van der Waals surface area contributed by atoms with Crippen molar-refractivity contribution in [2.45, 2.75) is 31.8 Å². The molecule has 234 valence electrons. The van der Waals surface area contributed by atoms with Gasteiger partial charge in [0, 0.05) is 23.7 Å². The van der Waals surface area contributed by atoms with E-state index < -0.39 is 42.1 Å². The monoisotopic (exact) mass is 617 g/mol. The summed E-state index contributed by atoms with van der Waals surface area (Å²) >= 11 is 0. The number of carboxylic acids is 2. The molecular weight excluding hydrogens is 586 g/mol. The van der Waals surface area contributed by atoms with Crippen LogP contribution in [0.2, 0.25) is 0 Å². The molecule has 3 aromatic carbocycles. The van der Waals surface area contributed by atoms with Gasteiger partial charge in [-0.3, -0.25) is 19.2 Å². The molecule has 1 aliphatic rings. The van der Waals surface area contributed by atoms with Gasteiger partial charge in [0.05, 0.1) is 12.2 Å². The maximum Gasteiger partial charge on any atom is 0.326 e. The number of carbonyl (C=O) groups excluding carboxylic acids is 3. The third-order valence-corrected chi connectivity index (χ3v) is 7.05. The lowest BCUT2D eigenvalue weighted by molar-refractivity contribution is -0.144. The maximum absolute atomic E-state index is 13.4. The van der Waals surface area contributed by atoms with E-state index in [1.807, 2.05) is 0 Å². The number of amidine groups is 1. The summed E-state index contributed by atoms with van der Waals surface area (Å²) in [4.78, 5) is 63.6. The van der Waals surface area contributed by atoms with E-state index in [0.29, 0.717) is 22.6 Å². The first-order valence-electron chi connectivity index (χ1n) is 13.8. The second kappa shape index (κ2) is 14.5. The molecule has 0 aliphatic carbocycles. The van der Waals surface area contributed by atoms with Crippen molar-refractivity contribution in [3.8, 4) is 5.75 Å². The van der Waals surface area contributed by atoms with E-state index >= 15 is 0 Å². The summed E-state index contributed by atoms with van der Waals surface area (Å²) in [5.74, 6) is -5.64. The van der Waals surface area contributed by atoms with Crippen molar-refractivity contribution < 1.29 is 44.1 Å². The molecule has 0 bridgehead atoms. The predicted molar refractivity (Wildman–Crippen MR) is 161 cm³/mol. The summed E-state index contributed by atoms with van der Waals surface area (Å²) in [6.07, 6.45) is -0.898. The molecule has 3 aromatic rings. The molecule has 14 nitrogen and oxygen atoms in total. The fourth-order valence-corrected chi connectivity index (χ4v) is 4.66. The summed E-state index contributed by atoms with van der Waals surface area (Å²) in [7, 11) is 0. The van der Waals surface area contributed by atoms with Crippen LogP contribution in [0.25, 0.3) is 0 Å². The molecule has 0 fully saturated rings. The van der Waals surface area contributed by atoms with E-state index in [1.54, 1.807) is 60.7 Å². The molecule has 0 spiro atoms. The highest BCUT2D eigenvalue weighted by atomic mass is 16.5. The molecule has 4 rings (SSSR count). The number of benzene rings is 3. The SMILES string of the molecule is N/C(=N/O)c1ccc(CN2C(=O)COc3cc(NC(=O)C(Cc4ccccc4)C(=O)N[C@@H](CCC(=O)O)C(=O)O)ccc32)cc1. The van der Waals surface area contributed by atoms with Gasteiger partial charge in [0.15, 0.2) is 12.4 Å². The first-order chi connectivity index (χ1) is 21.5. The molecule has 14 heteroatoms. The predicted octanol–water partition coefficient (Wildman–Crippen LogP) is 1.94. The fraction of sp³-hybridized carbons (Fsp3) is 0.226. The Morgan fingerprint density at radius 3 is 2.31 bits per heavy atom. The van der Waals surface area contributed by atoms with Gasteiger partial charge in [0.2, 0.25) is 11.8 Å². The van der Waals surface area contributed by atoms with Gasteiger partial charge < -0.3 is 41.4 Å². The van der Waals surface area contributed by atoms with Gasteiger partial charge in [-0.15, -0.1) is 0 Å². The Morgan fingerprint density at radius 1 is 0.956 bits per heavy atom. The van der Waals surface area contributed by atoms with Gasteiger partial charge in [-0.1, -0.05) is 59.8 Å². The van der Waals surface area contributed by atoms with Crippen LogP contribution < -0.4 is 26.0 Å². The van der Waals surface area contributed by atoms with Crippen molar-refractivity contribution in [3.05, 3.63) is 89.5 Å². The van der Waals surface area contributed by atoms with Crippen LogP contribution in [-0.2, 0) is 36.9 Å². The van der Waals surface area contributed by atoms with E-state index in [9.17, 15) is 29.1 Å². The summed E-state index contributed by atoms with van der Waals surface area (Å²) in [5, 5.41) is 35.3. The fourth-order valence-electron chi connectivity index (χ4n) is 4.66. The van der Waals surface area contributed by atoms with Crippen LogP contribution in [0.4, 0.5) is 11.4 Å². The average molecular weight is 618 g/mol. The number of nitrogens with zero attached hydrogens (tertiary/aromatic N) is 2. The number of hydrogen-bond donors (Lipinski definition) is 6. The number of oxime groups is 1. The highest BCUT2D eigenvalue weighted by molar-refractivity contribution is 6.08. The number of nitrogens with one attached hydrogen (secondary N) is 2. The summed E-state index contributed by atoms with van der Waals surface area (Å²) in [6, 6.07) is 18.6. The van der Waals surface area contributed by atoms with Gasteiger partial charge in [0.25, 0.3) is 5.91 Å². The first-order valence-corrected chi connectivity index (χ1v) is 13.8. The van der Waals surface area contributed by atoms with Gasteiger partial charge in [0.1, 0.15) is 17.7 Å². The highest BCUT2D eigenvalue weighted by Gasteiger charge is 2.32. The van der Waals surface area contributed by atoms with Crippen LogP contribution in [0.3, 0.4) is 0 Å². The van der Waals surface area contributed by atoms with Crippen LogP contribution in [0, 0.1) is 5.92 Å². The standard InChI is InChI=1S/C31H31N5O9/c32-28(35-44)20-8-6-19(7-9-20)16-36-24-12-10-21(15-25(24)45-17-26(36)37)33-29(40)22(14-18-4-2-1-3-5-18)30(41)34-23(31(42)43)11-13-27(38)39/h1-10,12,15,22-23,44H,11,13-14,16-17H2,(H2,32,35)(H,33,40)(H,34,41)(H,38,39)(H,42,43)/t22?,23-/m0/s1. The minimum absolute atomic E-state index is 0.0488. The smallest absolute Gasteiger partial charge is 0.326 e. The minimum atomic E-state index is -1.50. The molecule has 1 aliphatic heterocycles. The zero-order chi connectivity index (χ0) is 32.5. The Balaban J connectivity index is 1.52. The van der Waals surface area contributed by atoms with Crippen molar-refractivity contribution in [2.75, 3.05) is 16.8 Å². The summed E-state index contributed by atoms with van der Waals surface area (Å²) < 4.78 is 5.62. The molecule has 0 saturated carbocycles. The number of aliphatic carboxylic acids is 2. The van der Waals surface area contributed by atoms with E-state index in [0.717, 1.165) is 5.56 Å². The Morgan fingerprint density at radius 2 is 1.67 bits per heavy atom. The lowest BCUT2D eigenvalue weighted by Crippen LogP contribution is -2.47. The Bertz CT molecular complexity index is 1610. The Hall–Kier alpha value is -5.92. The van der Waals surface area contributed by atoms with E-state index in [1.165, 1.54) is 17.0 Å². The zero-order valence-corrected chi connectivity index (χ0v) is 23.9. The zero-order valence-electron chi connectivity index (χ0n) is 23.9. The Kier molecular flexibility index (Phi) is 10.3. The third kappa shape index (κ3) is 8.34. The Labute approximate surface area is 257 Å². The summed E-state index contributed by atoms with van der Waals surface area (Å²) in [6.45, 7) is -0.0537. The van der Waals surface area contributed by atoms with Gasteiger partial charge in [-0.25, -0.2) is 4.79 Å². The first kappa shape index (κ1) is 32.0. The van der Waals surface area contributed by atoms with E-state index in [4.69, 9.17) is 20.8 Å². The number of hydrogen-bond acceptors (Lipinski definition) is 8. The molecule has 45 heavy (non-hydrogen) atoms. The third-order valence-electron chi connectivity index (χ3n) is 7.05. The van der Waals surface area contributed by atoms with Crippen LogP contribution >= 0.6 is 0 Å². The lowest BCUT2D eigenvalue weighted by Gasteiger charge is -2.30. The molecule has 1 unspecified atom stereocenters. The van der Waals surface area contributed by atoms with Crippen molar-refractivity contribution in [1.82, 2.24) is 5.32 Å². The number of nitrogens with two attached hydrogens (primary N) is 1. The van der Waals surface area contributed by atoms with Crippen molar-refractivity contribution >= 4 is 46.9 Å². The highest BCUT2D eigenvalue weighted by Crippen LogP contribution is 2.35. The topological polar surface area (TPSA) is 221 Å². The molecule has 2 atom stereocenters. The average Bonchev–Trinajstić information content (AvgIpc) is 3.03. The summed E-state index contributed by atoms with van der Waals surface area (Å²) in [5.41, 5.74) is 8.25. The van der Waals surface area contributed by atoms with E-state index in [-0.39, 0.29) is 43.4 Å². The number of ether oxygens (including phenoxy) is 1. The second-order valence-electron chi connectivity index (χ2n) is 10.2. The molecule has 1 heterocycles. The molecule has 0 radical (unpaired) electrons. The number of carboxylic acid groups (broad SMARTS) is 2. The number of anilines is 2. The number of carbonyl (C=O) groups is 5. The van der Waals surface area contributed by atoms with Crippen molar-refractivity contribution in [3.63, 3.8) is 0 Å². The quantitative estimate of drug-likeness (QED) is 0.0538. The van der Waals surface area contributed by atoms with Gasteiger partial charge in [-0.2, -0.15) is 0 Å². The number of fused-ring (bicyclic) bond motifs is 1. The van der Waals surface area contributed by atoms with Crippen molar-refractivity contribution in [2.24, 2.45) is 16.8 Å². The van der Waals surface area contributed by atoms with Crippen LogP contribution in [0.1, 0.15) is 29.5 Å². The van der Waals surface area contributed by atoms with Crippen LogP contribution in [-0.4, -0.2) is 63.6 Å². The largest absolute Gasteiger partial charge is 0.481 e. The van der Waals surface area contributed by atoms with Crippen LogP contribution in [0.5, 0.6) is 5.75 Å². The minimum Gasteiger partial charge on any atom is -0.481 e. The number of rotatable bonds is 13. The number of amides is 3. The lowest BCUT2D eigenvalue weighted by atomic mass is 9.96. The van der Waals surface area contributed by atoms with E-state index in [2.05, 4.69) is 15.8 Å². The molecule has 3 amide bonds. The molecule has 7 N–H and O–H groups in total. The van der Waals surface area contributed by atoms with Gasteiger partial charge >= 0.3 is 11.9 Å². The maximum atomic E-state index is 13.4. The molecule has 0 aromatic heterocycles. The molecular formula is C31H31N5O9. The second-order valence-corrected chi connectivity index (χ2v) is 10.2. The van der Waals surface area contributed by atoms with Gasteiger partial charge in [-0.05, 0) is 36.1 Å². The van der Waals surface area contributed by atoms with Crippen LogP contribution in [0.15, 0.2) is 78.0 Å². The normalized spacial score (nSPS) is 14.0. The molecule has 0 saturated heterocycles. The van der Waals surface area contributed by atoms with Crippen molar-refractivity contribution in [1.29, 1.82) is 0 Å².